The van der Waals surface area contributed by atoms with Gasteiger partial charge in [0.25, 0.3) is 0 Å². The Balaban J connectivity index is 1.40. The molecule has 0 saturated carbocycles. The van der Waals surface area contributed by atoms with E-state index in [0.717, 1.165) is 57.3 Å². The maximum atomic E-state index is 6.26. The average molecular weight is 331 g/mol. The zero-order chi connectivity index (χ0) is 16.4. The summed E-state index contributed by atoms with van der Waals surface area (Å²) in [7, 11) is 0. The third-order valence-electron chi connectivity index (χ3n) is 4.92. The van der Waals surface area contributed by atoms with Gasteiger partial charge < -0.3 is 18.5 Å². The monoisotopic (exact) mass is 331 g/mol. The maximum absolute atomic E-state index is 6.26. The Morgan fingerprint density at radius 2 is 2.33 bits per heavy atom. The van der Waals surface area contributed by atoms with Crippen molar-refractivity contribution in [2.24, 2.45) is 5.92 Å². The largest absolute Gasteiger partial charge is 0.465 e. The van der Waals surface area contributed by atoms with Gasteiger partial charge in [-0.25, -0.2) is 4.98 Å². The Bertz CT molecular complexity index is 654. The number of hydrogen-bond acceptors (Lipinski definition) is 5. The molecule has 0 aromatic carbocycles. The second-order valence-corrected chi connectivity index (χ2v) is 7.10. The lowest BCUT2D eigenvalue weighted by atomic mass is 9.94. The van der Waals surface area contributed by atoms with Gasteiger partial charge in [-0.1, -0.05) is 0 Å². The molecule has 4 heterocycles. The summed E-state index contributed by atoms with van der Waals surface area (Å²) in [6.45, 7) is 7.78. The number of aromatic nitrogens is 2. The fraction of sp³-hybridized carbons (Fsp3) is 0.611. The molecule has 2 aromatic heterocycles. The first-order valence-corrected chi connectivity index (χ1v) is 8.66. The molecule has 0 radical (unpaired) electrons. The van der Waals surface area contributed by atoms with Crippen LogP contribution in [-0.2, 0) is 22.6 Å². The zero-order valence-corrected chi connectivity index (χ0v) is 14.2. The van der Waals surface area contributed by atoms with Crippen molar-refractivity contribution < 1.29 is 13.9 Å². The summed E-state index contributed by atoms with van der Waals surface area (Å²) in [4.78, 5) is 6.52. The molecule has 130 valence electrons. The van der Waals surface area contributed by atoms with Crippen LogP contribution in [0, 0.1) is 12.8 Å². The molecule has 0 N–H and O–H groups in total. The van der Waals surface area contributed by atoms with Crippen molar-refractivity contribution >= 4 is 0 Å². The predicted octanol–water partition coefficient (Wildman–Crippen LogP) is 2.09. The fourth-order valence-electron chi connectivity index (χ4n) is 3.87. The maximum Gasteiger partial charge on any atom is 0.118 e. The van der Waals surface area contributed by atoms with Crippen molar-refractivity contribution in [1.29, 1.82) is 0 Å². The summed E-state index contributed by atoms with van der Waals surface area (Å²) in [5.74, 6) is 2.48. The Hall–Kier alpha value is -1.63. The second kappa shape index (κ2) is 6.70. The minimum Gasteiger partial charge on any atom is -0.465 e. The third-order valence-corrected chi connectivity index (χ3v) is 4.92. The van der Waals surface area contributed by atoms with Crippen LogP contribution >= 0.6 is 0 Å². The summed E-state index contributed by atoms with van der Waals surface area (Å²) >= 11 is 0. The highest BCUT2D eigenvalue weighted by Crippen LogP contribution is 2.34. The number of nitrogens with zero attached hydrogens (tertiary/aromatic N) is 3. The minimum atomic E-state index is -0.191. The van der Waals surface area contributed by atoms with E-state index >= 15 is 0 Å². The topological polar surface area (TPSA) is 52.7 Å². The SMILES string of the molecule is Cc1ccc(CN2CCOC[C@@]3(C[C@@H](Cn4ccnc4)CO3)C2)o1. The lowest BCUT2D eigenvalue weighted by molar-refractivity contribution is -0.0566. The molecular formula is C18H25N3O3. The van der Waals surface area contributed by atoms with Gasteiger partial charge in [-0.2, -0.15) is 0 Å². The highest BCUT2D eigenvalue weighted by Gasteiger charge is 2.43. The van der Waals surface area contributed by atoms with Gasteiger partial charge in [0, 0.05) is 37.9 Å². The van der Waals surface area contributed by atoms with Crippen molar-refractivity contribution in [1.82, 2.24) is 14.5 Å². The third kappa shape index (κ3) is 3.55. The van der Waals surface area contributed by atoms with E-state index in [2.05, 4.69) is 20.5 Å². The summed E-state index contributed by atoms with van der Waals surface area (Å²) in [5.41, 5.74) is -0.191. The number of furan rings is 1. The number of ether oxygens (including phenoxy) is 2. The molecule has 2 saturated heterocycles. The molecule has 2 fully saturated rings. The molecule has 0 bridgehead atoms. The number of aryl methyl sites for hydroxylation is 1. The van der Waals surface area contributed by atoms with Crippen molar-refractivity contribution in [3.8, 4) is 0 Å². The molecule has 6 nitrogen and oxygen atoms in total. The van der Waals surface area contributed by atoms with E-state index in [1.54, 1.807) is 0 Å². The molecular weight excluding hydrogens is 306 g/mol. The average Bonchev–Trinajstić information content (AvgIpc) is 3.25. The van der Waals surface area contributed by atoms with E-state index in [0.29, 0.717) is 12.5 Å². The number of rotatable bonds is 4. The van der Waals surface area contributed by atoms with E-state index in [4.69, 9.17) is 13.9 Å². The van der Waals surface area contributed by atoms with Crippen LogP contribution < -0.4 is 0 Å². The summed E-state index contributed by atoms with van der Waals surface area (Å²) in [6.07, 6.45) is 6.74. The van der Waals surface area contributed by atoms with Gasteiger partial charge in [0.15, 0.2) is 0 Å². The van der Waals surface area contributed by atoms with Gasteiger partial charge >= 0.3 is 0 Å². The first-order valence-electron chi connectivity index (χ1n) is 8.66. The van der Waals surface area contributed by atoms with Crippen LogP contribution in [0.1, 0.15) is 17.9 Å². The van der Waals surface area contributed by atoms with Crippen LogP contribution in [0.15, 0.2) is 35.3 Å². The fourth-order valence-corrected chi connectivity index (χ4v) is 3.87. The van der Waals surface area contributed by atoms with Gasteiger partial charge in [0.05, 0.1) is 32.7 Å². The lowest BCUT2D eigenvalue weighted by Crippen LogP contribution is -2.43. The van der Waals surface area contributed by atoms with Crippen molar-refractivity contribution in [3.63, 3.8) is 0 Å². The molecule has 0 amide bonds. The highest BCUT2D eigenvalue weighted by atomic mass is 16.5. The van der Waals surface area contributed by atoms with Crippen molar-refractivity contribution in [3.05, 3.63) is 42.4 Å². The Morgan fingerprint density at radius 1 is 1.38 bits per heavy atom. The van der Waals surface area contributed by atoms with E-state index in [1.165, 1.54) is 0 Å². The first kappa shape index (κ1) is 15.9. The highest BCUT2D eigenvalue weighted by molar-refractivity contribution is 5.06. The van der Waals surface area contributed by atoms with Gasteiger partial charge in [-0.3, -0.25) is 4.90 Å². The Morgan fingerprint density at radius 3 is 3.12 bits per heavy atom. The normalized spacial score (nSPS) is 28.5. The number of imidazole rings is 1. The lowest BCUT2D eigenvalue weighted by Gasteiger charge is -2.30. The second-order valence-electron chi connectivity index (χ2n) is 7.10. The molecule has 0 unspecified atom stereocenters. The standard InChI is InChI=1S/C18H25N3O3/c1-15-2-3-17(24-15)10-20-6-7-22-13-18(12-20)8-16(11-23-18)9-21-5-4-19-14-21/h2-5,14,16H,6-13H2,1H3/t16-,18+/m0/s1. The van der Waals surface area contributed by atoms with Crippen LogP contribution in [0.2, 0.25) is 0 Å². The summed E-state index contributed by atoms with van der Waals surface area (Å²) < 4.78 is 20.0. The van der Waals surface area contributed by atoms with E-state index in [-0.39, 0.29) is 5.60 Å². The van der Waals surface area contributed by atoms with Gasteiger partial charge in [0.2, 0.25) is 0 Å². The van der Waals surface area contributed by atoms with Gasteiger partial charge in [-0.05, 0) is 25.5 Å². The Labute approximate surface area is 142 Å². The zero-order valence-electron chi connectivity index (χ0n) is 14.2. The van der Waals surface area contributed by atoms with Crippen LogP contribution in [-0.4, -0.2) is 53.0 Å². The summed E-state index contributed by atoms with van der Waals surface area (Å²) in [5, 5.41) is 0. The molecule has 24 heavy (non-hydrogen) atoms. The first-order chi connectivity index (χ1) is 11.7. The number of hydrogen-bond donors (Lipinski definition) is 0. The molecule has 2 aliphatic rings. The van der Waals surface area contributed by atoms with E-state index in [1.807, 2.05) is 31.7 Å². The van der Waals surface area contributed by atoms with Crippen LogP contribution in [0.25, 0.3) is 0 Å². The molecule has 4 rings (SSSR count). The van der Waals surface area contributed by atoms with Crippen molar-refractivity contribution in [2.45, 2.75) is 32.0 Å². The van der Waals surface area contributed by atoms with Crippen LogP contribution in [0.5, 0.6) is 0 Å². The van der Waals surface area contributed by atoms with Crippen LogP contribution in [0.3, 0.4) is 0 Å². The molecule has 1 spiro atoms. The van der Waals surface area contributed by atoms with E-state index in [9.17, 15) is 0 Å². The summed E-state index contributed by atoms with van der Waals surface area (Å²) in [6, 6.07) is 4.08. The smallest absolute Gasteiger partial charge is 0.118 e. The van der Waals surface area contributed by atoms with Crippen molar-refractivity contribution in [2.75, 3.05) is 32.9 Å². The Kier molecular flexibility index (Phi) is 4.43. The molecule has 2 aromatic rings. The predicted molar refractivity (Wildman–Crippen MR) is 88.6 cm³/mol. The molecule has 2 aliphatic heterocycles. The molecule has 0 aliphatic carbocycles. The quantitative estimate of drug-likeness (QED) is 0.859. The minimum absolute atomic E-state index is 0.191. The molecule has 6 heteroatoms. The van der Waals surface area contributed by atoms with Gasteiger partial charge in [0.1, 0.15) is 17.1 Å². The van der Waals surface area contributed by atoms with Crippen LogP contribution in [0.4, 0.5) is 0 Å². The van der Waals surface area contributed by atoms with Gasteiger partial charge in [-0.15, -0.1) is 0 Å². The molecule has 2 atom stereocenters. The van der Waals surface area contributed by atoms with E-state index < -0.39 is 0 Å².